The molecular formula is C19H24N2O4. The molecule has 2 aromatic rings. The zero-order chi connectivity index (χ0) is 18.8. The minimum atomic E-state index is -0.516. The highest BCUT2D eigenvalue weighted by Gasteiger charge is 2.20. The van der Waals surface area contributed by atoms with Crippen LogP contribution in [0.1, 0.15) is 53.5 Å². The maximum absolute atomic E-state index is 12.3. The number of nitrogens with zero attached hydrogens (tertiary/aromatic N) is 1. The molecule has 0 radical (unpaired) electrons. The van der Waals surface area contributed by atoms with Crippen LogP contribution in [0.3, 0.4) is 0 Å². The number of ether oxygens (including phenoxy) is 1. The van der Waals surface area contributed by atoms with Crippen molar-refractivity contribution < 1.29 is 18.8 Å². The lowest BCUT2D eigenvalue weighted by Crippen LogP contribution is -2.21. The van der Waals surface area contributed by atoms with Gasteiger partial charge in [0.05, 0.1) is 11.3 Å². The van der Waals surface area contributed by atoms with Gasteiger partial charge in [0, 0.05) is 11.5 Å². The number of nitrogens with one attached hydrogen (secondary N) is 1. The number of carbonyl (C=O) groups is 2. The van der Waals surface area contributed by atoms with E-state index in [9.17, 15) is 9.59 Å². The van der Waals surface area contributed by atoms with Gasteiger partial charge in [-0.25, -0.2) is 4.79 Å². The first-order valence-electron chi connectivity index (χ1n) is 8.10. The molecule has 1 N–H and O–H groups in total. The van der Waals surface area contributed by atoms with E-state index in [1.54, 1.807) is 6.07 Å². The number of rotatable bonds is 4. The Morgan fingerprint density at radius 1 is 1.12 bits per heavy atom. The molecule has 0 fully saturated rings. The Labute approximate surface area is 147 Å². The molecule has 25 heavy (non-hydrogen) atoms. The lowest BCUT2D eigenvalue weighted by atomic mass is 9.92. The van der Waals surface area contributed by atoms with Gasteiger partial charge in [0.1, 0.15) is 0 Å². The van der Waals surface area contributed by atoms with Crippen LogP contribution in [-0.4, -0.2) is 23.6 Å². The van der Waals surface area contributed by atoms with Gasteiger partial charge in [0.2, 0.25) is 5.88 Å². The van der Waals surface area contributed by atoms with E-state index in [0.717, 1.165) is 22.4 Å². The molecule has 6 heteroatoms. The third-order valence-electron chi connectivity index (χ3n) is 3.76. The molecule has 2 rings (SSSR count). The normalized spacial score (nSPS) is 11.3. The number of esters is 1. The number of anilines is 1. The number of hydrogen-bond donors (Lipinski definition) is 1. The van der Waals surface area contributed by atoms with Gasteiger partial charge in [0.25, 0.3) is 5.91 Å². The van der Waals surface area contributed by atoms with Crippen molar-refractivity contribution in [3.05, 3.63) is 46.1 Å². The average Bonchev–Trinajstić information content (AvgIpc) is 2.92. The molecule has 1 aromatic heterocycles. The van der Waals surface area contributed by atoms with Crippen LogP contribution < -0.4 is 5.32 Å². The fourth-order valence-electron chi connectivity index (χ4n) is 2.57. The molecule has 6 nitrogen and oxygen atoms in total. The number of hydrogen-bond acceptors (Lipinski definition) is 5. The molecule has 1 aromatic carbocycles. The number of aryl methyl sites for hydroxylation is 3. The minimum Gasteiger partial charge on any atom is -0.452 e. The summed E-state index contributed by atoms with van der Waals surface area (Å²) in [5.41, 5.74) is 3.77. The van der Waals surface area contributed by atoms with Crippen LogP contribution in [0, 0.1) is 20.8 Å². The van der Waals surface area contributed by atoms with Crippen molar-refractivity contribution in [2.45, 2.75) is 47.0 Å². The monoisotopic (exact) mass is 344 g/mol. The van der Waals surface area contributed by atoms with Gasteiger partial charge in [-0.05, 0) is 31.9 Å². The number of benzene rings is 1. The first-order valence-corrected chi connectivity index (χ1v) is 8.10. The minimum absolute atomic E-state index is 0.181. The van der Waals surface area contributed by atoms with Crippen LogP contribution in [-0.2, 0) is 14.9 Å². The third-order valence-corrected chi connectivity index (χ3v) is 3.76. The van der Waals surface area contributed by atoms with E-state index in [1.165, 1.54) is 0 Å². The number of aromatic nitrogens is 1. The summed E-state index contributed by atoms with van der Waals surface area (Å²) in [4.78, 5) is 24.2. The van der Waals surface area contributed by atoms with Crippen LogP contribution in [0.25, 0.3) is 0 Å². The Balaban J connectivity index is 1.96. The zero-order valence-corrected chi connectivity index (χ0v) is 15.5. The first kappa shape index (κ1) is 18.7. The number of carbonyl (C=O) groups excluding carboxylic acids is 2. The summed E-state index contributed by atoms with van der Waals surface area (Å²) in [6, 6.07) is 5.48. The molecular weight excluding hydrogens is 320 g/mol. The van der Waals surface area contributed by atoms with Gasteiger partial charge in [-0.2, -0.15) is 0 Å². The van der Waals surface area contributed by atoms with Crippen molar-refractivity contribution in [3.8, 4) is 0 Å². The van der Waals surface area contributed by atoms with Gasteiger partial charge in [0.15, 0.2) is 6.61 Å². The molecule has 0 aliphatic rings. The van der Waals surface area contributed by atoms with Crippen molar-refractivity contribution in [3.63, 3.8) is 0 Å². The van der Waals surface area contributed by atoms with E-state index in [-0.39, 0.29) is 11.3 Å². The highest BCUT2D eigenvalue weighted by Crippen LogP contribution is 2.23. The Bertz CT molecular complexity index is 777. The Kier molecular flexibility index (Phi) is 5.30. The van der Waals surface area contributed by atoms with Crippen LogP contribution in [0.15, 0.2) is 22.7 Å². The van der Waals surface area contributed by atoms with E-state index in [0.29, 0.717) is 5.56 Å². The fourth-order valence-corrected chi connectivity index (χ4v) is 2.57. The molecule has 0 unspecified atom stereocenters. The van der Waals surface area contributed by atoms with Crippen molar-refractivity contribution in [1.29, 1.82) is 0 Å². The van der Waals surface area contributed by atoms with E-state index in [2.05, 4.69) is 10.5 Å². The summed E-state index contributed by atoms with van der Waals surface area (Å²) >= 11 is 0. The van der Waals surface area contributed by atoms with Crippen molar-refractivity contribution in [2.24, 2.45) is 0 Å². The van der Waals surface area contributed by atoms with E-state index in [4.69, 9.17) is 9.26 Å². The first-order chi connectivity index (χ1) is 11.6. The van der Waals surface area contributed by atoms with Crippen LogP contribution in [0.4, 0.5) is 5.88 Å². The van der Waals surface area contributed by atoms with Crippen molar-refractivity contribution in [2.75, 3.05) is 11.9 Å². The summed E-state index contributed by atoms with van der Waals surface area (Å²) in [6.07, 6.45) is 0. The van der Waals surface area contributed by atoms with Crippen molar-refractivity contribution >= 4 is 17.8 Å². The predicted octanol–water partition coefficient (Wildman–Crippen LogP) is 3.69. The van der Waals surface area contributed by atoms with Gasteiger partial charge >= 0.3 is 5.97 Å². The average molecular weight is 344 g/mol. The lowest BCUT2D eigenvalue weighted by molar-refractivity contribution is -0.119. The van der Waals surface area contributed by atoms with Gasteiger partial charge in [-0.15, -0.1) is 0 Å². The topological polar surface area (TPSA) is 81.4 Å². The molecule has 1 heterocycles. The third kappa shape index (κ3) is 4.68. The van der Waals surface area contributed by atoms with Gasteiger partial charge < -0.3 is 9.26 Å². The molecule has 0 saturated heterocycles. The van der Waals surface area contributed by atoms with Crippen LogP contribution >= 0.6 is 0 Å². The van der Waals surface area contributed by atoms with Crippen LogP contribution in [0.5, 0.6) is 0 Å². The highest BCUT2D eigenvalue weighted by atomic mass is 16.5. The molecule has 0 spiro atoms. The summed E-state index contributed by atoms with van der Waals surface area (Å²) < 4.78 is 10.2. The SMILES string of the molecule is Cc1cc(C)c(C(=O)OCC(=O)Nc2cc(C(C)(C)C)no2)c(C)c1. The molecule has 0 aliphatic heterocycles. The van der Waals surface area contributed by atoms with E-state index in [1.807, 2.05) is 53.7 Å². The Morgan fingerprint density at radius 3 is 2.24 bits per heavy atom. The quantitative estimate of drug-likeness (QED) is 0.855. The molecule has 134 valence electrons. The Hall–Kier alpha value is -2.63. The summed E-state index contributed by atoms with van der Waals surface area (Å²) in [6.45, 7) is 11.2. The van der Waals surface area contributed by atoms with Crippen molar-refractivity contribution in [1.82, 2.24) is 5.16 Å². The second-order valence-electron chi connectivity index (χ2n) is 7.22. The Morgan fingerprint density at radius 2 is 1.72 bits per heavy atom. The molecule has 0 saturated carbocycles. The highest BCUT2D eigenvalue weighted by molar-refractivity contribution is 5.96. The second-order valence-corrected chi connectivity index (χ2v) is 7.22. The molecule has 0 atom stereocenters. The maximum atomic E-state index is 12.3. The maximum Gasteiger partial charge on any atom is 0.339 e. The lowest BCUT2D eigenvalue weighted by Gasteiger charge is -2.12. The van der Waals surface area contributed by atoms with Crippen LogP contribution in [0.2, 0.25) is 0 Å². The summed E-state index contributed by atoms with van der Waals surface area (Å²) in [7, 11) is 0. The standard InChI is InChI=1S/C19H24N2O4/c1-11-7-12(2)17(13(3)8-11)18(23)24-10-15(22)20-16-9-14(21-25-16)19(4,5)6/h7-9H,10H2,1-6H3,(H,20,22). The molecule has 1 amide bonds. The van der Waals surface area contributed by atoms with Gasteiger partial charge in [-0.3, -0.25) is 10.1 Å². The molecule has 0 aliphatic carbocycles. The second kappa shape index (κ2) is 7.09. The zero-order valence-electron chi connectivity index (χ0n) is 15.5. The van der Waals surface area contributed by atoms with E-state index < -0.39 is 18.5 Å². The number of amides is 1. The summed E-state index contributed by atoms with van der Waals surface area (Å²) in [5.74, 6) is -0.765. The fraction of sp³-hybridized carbons (Fsp3) is 0.421. The smallest absolute Gasteiger partial charge is 0.339 e. The summed E-state index contributed by atoms with van der Waals surface area (Å²) in [5, 5.41) is 6.45. The molecule has 0 bridgehead atoms. The van der Waals surface area contributed by atoms with E-state index >= 15 is 0 Å². The largest absolute Gasteiger partial charge is 0.452 e. The predicted molar refractivity (Wildman–Crippen MR) is 94.8 cm³/mol. The van der Waals surface area contributed by atoms with Gasteiger partial charge in [-0.1, -0.05) is 43.6 Å².